The van der Waals surface area contributed by atoms with Crippen LogP contribution in [0.4, 0.5) is 11.4 Å². The van der Waals surface area contributed by atoms with E-state index >= 15 is 0 Å². The number of aliphatic imine (C=N–C) groups is 1. The van der Waals surface area contributed by atoms with Crippen molar-refractivity contribution in [3.63, 3.8) is 0 Å². The SMILES string of the molecule is O=C(Nc1cccc(S(=O)(=O)NC2=NCCC2)c1)c1ccc(NC(=O)c2ccco2)cc1. The molecule has 2 heterocycles. The largest absolute Gasteiger partial charge is 0.459 e. The first-order chi connectivity index (χ1) is 15.4. The van der Waals surface area contributed by atoms with Crippen LogP contribution in [0.25, 0.3) is 0 Å². The van der Waals surface area contributed by atoms with Crippen molar-refractivity contribution in [3.05, 3.63) is 78.3 Å². The molecule has 2 amide bonds. The minimum atomic E-state index is -3.78. The molecule has 0 unspecified atom stereocenters. The number of carbonyl (C=O) groups is 2. The minimum Gasteiger partial charge on any atom is -0.459 e. The molecule has 164 valence electrons. The van der Waals surface area contributed by atoms with Gasteiger partial charge in [-0.25, -0.2) is 8.42 Å². The molecule has 1 aromatic heterocycles. The van der Waals surface area contributed by atoms with Crippen molar-refractivity contribution < 1.29 is 22.4 Å². The van der Waals surface area contributed by atoms with Gasteiger partial charge in [0.05, 0.1) is 11.2 Å². The van der Waals surface area contributed by atoms with Crippen molar-refractivity contribution in [3.8, 4) is 0 Å². The third-order valence-electron chi connectivity index (χ3n) is 4.68. The first-order valence-electron chi connectivity index (χ1n) is 9.83. The van der Waals surface area contributed by atoms with Gasteiger partial charge in [0.25, 0.3) is 21.8 Å². The number of sulfonamides is 1. The number of nitrogens with one attached hydrogen (secondary N) is 3. The molecule has 0 aliphatic carbocycles. The number of nitrogens with zero attached hydrogens (tertiary/aromatic N) is 1. The van der Waals surface area contributed by atoms with E-state index in [2.05, 4.69) is 20.3 Å². The van der Waals surface area contributed by atoms with Gasteiger partial charge in [0.15, 0.2) is 5.76 Å². The van der Waals surface area contributed by atoms with E-state index in [1.165, 1.54) is 18.4 Å². The predicted molar refractivity (Wildman–Crippen MR) is 119 cm³/mol. The van der Waals surface area contributed by atoms with E-state index in [-0.39, 0.29) is 10.7 Å². The Hall–Kier alpha value is -3.92. The van der Waals surface area contributed by atoms with Crippen LogP contribution >= 0.6 is 0 Å². The number of anilines is 2. The fourth-order valence-electron chi connectivity index (χ4n) is 3.09. The van der Waals surface area contributed by atoms with Gasteiger partial charge in [-0.05, 0) is 61.0 Å². The van der Waals surface area contributed by atoms with E-state index in [4.69, 9.17) is 4.42 Å². The second-order valence-corrected chi connectivity index (χ2v) is 8.71. The zero-order valence-corrected chi connectivity index (χ0v) is 17.7. The maximum atomic E-state index is 12.6. The fraction of sp³-hybridized carbons (Fsp3) is 0.136. The van der Waals surface area contributed by atoms with E-state index in [0.29, 0.717) is 35.7 Å². The van der Waals surface area contributed by atoms with Gasteiger partial charge >= 0.3 is 0 Å². The number of hydrogen-bond donors (Lipinski definition) is 3. The van der Waals surface area contributed by atoms with Crippen molar-refractivity contribution in [1.29, 1.82) is 0 Å². The van der Waals surface area contributed by atoms with Gasteiger partial charge in [-0.15, -0.1) is 0 Å². The average Bonchev–Trinajstić information content (AvgIpc) is 3.48. The van der Waals surface area contributed by atoms with Crippen LogP contribution in [0.5, 0.6) is 0 Å². The summed E-state index contributed by atoms with van der Waals surface area (Å²) >= 11 is 0. The summed E-state index contributed by atoms with van der Waals surface area (Å²) < 4.78 is 32.6. The summed E-state index contributed by atoms with van der Waals surface area (Å²) in [5, 5.41) is 5.35. The highest BCUT2D eigenvalue weighted by atomic mass is 32.2. The molecule has 0 bridgehead atoms. The zero-order valence-electron chi connectivity index (χ0n) is 16.9. The summed E-state index contributed by atoms with van der Waals surface area (Å²) in [6, 6.07) is 15.4. The summed E-state index contributed by atoms with van der Waals surface area (Å²) in [4.78, 5) is 28.7. The van der Waals surface area contributed by atoms with Crippen LogP contribution in [0.2, 0.25) is 0 Å². The molecular weight excluding hydrogens is 432 g/mol. The summed E-state index contributed by atoms with van der Waals surface area (Å²) in [6.45, 7) is 0.610. The first-order valence-corrected chi connectivity index (χ1v) is 11.3. The van der Waals surface area contributed by atoms with Crippen molar-refractivity contribution in [2.45, 2.75) is 17.7 Å². The number of amidine groups is 1. The lowest BCUT2D eigenvalue weighted by molar-refractivity contribution is 0.0995. The Morgan fingerprint density at radius 1 is 0.906 bits per heavy atom. The molecule has 2 aromatic carbocycles. The van der Waals surface area contributed by atoms with Gasteiger partial charge < -0.3 is 15.1 Å². The number of benzene rings is 2. The van der Waals surface area contributed by atoms with E-state index in [9.17, 15) is 18.0 Å². The van der Waals surface area contributed by atoms with Gasteiger partial charge in [-0.3, -0.25) is 19.3 Å². The molecule has 10 heteroatoms. The van der Waals surface area contributed by atoms with Crippen LogP contribution in [-0.4, -0.2) is 32.6 Å². The molecule has 0 radical (unpaired) electrons. The first kappa shape index (κ1) is 21.3. The summed E-state index contributed by atoms with van der Waals surface area (Å²) in [5.74, 6) is -0.200. The van der Waals surface area contributed by atoms with Gasteiger partial charge in [0, 0.05) is 29.9 Å². The highest BCUT2D eigenvalue weighted by Crippen LogP contribution is 2.18. The normalized spacial score (nSPS) is 13.3. The quantitative estimate of drug-likeness (QED) is 0.529. The van der Waals surface area contributed by atoms with Crippen molar-refractivity contribution in [2.75, 3.05) is 17.2 Å². The van der Waals surface area contributed by atoms with Crippen molar-refractivity contribution in [1.82, 2.24) is 4.72 Å². The third-order valence-corrected chi connectivity index (χ3v) is 6.06. The van der Waals surface area contributed by atoms with Gasteiger partial charge in [-0.1, -0.05) is 6.07 Å². The van der Waals surface area contributed by atoms with Crippen LogP contribution in [0.3, 0.4) is 0 Å². The van der Waals surface area contributed by atoms with Crippen molar-refractivity contribution >= 4 is 39.0 Å². The molecular formula is C22H20N4O5S. The topological polar surface area (TPSA) is 130 Å². The highest BCUT2D eigenvalue weighted by Gasteiger charge is 2.19. The van der Waals surface area contributed by atoms with Crippen LogP contribution in [0.15, 0.2) is 81.2 Å². The molecule has 0 atom stereocenters. The van der Waals surface area contributed by atoms with Crippen LogP contribution in [-0.2, 0) is 10.0 Å². The van der Waals surface area contributed by atoms with Crippen LogP contribution in [0, 0.1) is 0 Å². The standard InChI is InChI=1S/C22H20N4O5S/c27-21(15-8-10-16(11-9-15)24-22(28)19-6-3-13-31-19)25-17-4-1-5-18(14-17)32(29,30)26-20-7-2-12-23-20/h1,3-6,8-11,13-14H,2,7,12H2,(H,23,26)(H,24,28)(H,25,27). The van der Waals surface area contributed by atoms with Gasteiger partial charge in [0.2, 0.25) is 0 Å². The number of carbonyl (C=O) groups excluding carboxylic acids is 2. The molecule has 0 saturated heterocycles. The maximum absolute atomic E-state index is 12.6. The van der Waals surface area contributed by atoms with E-state index in [1.54, 1.807) is 48.5 Å². The molecule has 3 N–H and O–H groups in total. The van der Waals surface area contributed by atoms with Gasteiger partial charge in [-0.2, -0.15) is 0 Å². The minimum absolute atomic E-state index is 0.0286. The summed E-state index contributed by atoms with van der Waals surface area (Å²) in [7, 11) is -3.78. The molecule has 1 aliphatic rings. The Morgan fingerprint density at radius 2 is 1.69 bits per heavy atom. The highest BCUT2D eigenvalue weighted by molar-refractivity contribution is 7.90. The van der Waals surface area contributed by atoms with Gasteiger partial charge in [0.1, 0.15) is 5.84 Å². The lowest BCUT2D eigenvalue weighted by Gasteiger charge is -2.10. The van der Waals surface area contributed by atoms with Crippen molar-refractivity contribution in [2.24, 2.45) is 4.99 Å². The zero-order chi connectivity index (χ0) is 22.6. The fourth-order valence-corrected chi connectivity index (χ4v) is 4.22. The summed E-state index contributed by atoms with van der Waals surface area (Å²) in [5.41, 5.74) is 1.17. The molecule has 4 rings (SSSR count). The lowest BCUT2D eigenvalue weighted by atomic mass is 10.2. The monoisotopic (exact) mass is 452 g/mol. The lowest BCUT2D eigenvalue weighted by Crippen LogP contribution is -2.29. The van der Waals surface area contributed by atoms with E-state index in [1.807, 2.05) is 0 Å². The predicted octanol–water partition coefficient (Wildman–Crippen LogP) is 3.25. The molecule has 0 saturated carbocycles. The van der Waals surface area contributed by atoms with Crippen LogP contribution < -0.4 is 15.4 Å². The number of furan rings is 1. The Balaban J connectivity index is 1.41. The second kappa shape index (κ2) is 9.06. The maximum Gasteiger partial charge on any atom is 0.291 e. The third kappa shape index (κ3) is 5.03. The molecule has 1 aliphatic heterocycles. The second-order valence-electron chi connectivity index (χ2n) is 7.03. The Kier molecular flexibility index (Phi) is 6.04. The Morgan fingerprint density at radius 3 is 2.38 bits per heavy atom. The molecule has 3 aromatic rings. The number of hydrogen-bond acceptors (Lipinski definition) is 6. The molecule has 9 nitrogen and oxygen atoms in total. The number of rotatable bonds is 6. The number of amides is 2. The van der Waals surface area contributed by atoms with E-state index < -0.39 is 21.8 Å². The average molecular weight is 452 g/mol. The van der Waals surface area contributed by atoms with Crippen LogP contribution in [0.1, 0.15) is 33.8 Å². The molecule has 32 heavy (non-hydrogen) atoms. The Bertz CT molecular complexity index is 1270. The molecule has 0 spiro atoms. The summed E-state index contributed by atoms with van der Waals surface area (Å²) in [6.07, 6.45) is 2.81. The Labute approximate surface area is 184 Å². The smallest absolute Gasteiger partial charge is 0.291 e. The van der Waals surface area contributed by atoms with E-state index in [0.717, 1.165) is 6.42 Å². The molecule has 0 fully saturated rings.